The molecule has 3 heterocycles. The van der Waals surface area contributed by atoms with E-state index in [2.05, 4.69) is 20.1 Å². The maximum Gasteiger partial charge on any atom is 0.255 e. The van der Waals surface area contributed by atoms with Gasteiger partial charge in [0.2, 0.25) is 6.79 Å². The molecule has 0 aliphatic carbocycles. The molecule has 0 saturated carbocycles. The first-order chi connectivity index (χ1) is 14.1. The molecule has 8 nitrogen and oxygen atoms in total. The number of anilines is 2. The Hall–Kier alpha value is -2.84. The van der Waals surface area contributed by atoms with Crippen LogP contribution in [-0.2, 0) is 0 Å². The van der Waals surface area contributed by atoms with Gasteiger partial charge >= 0.3 is 0 Å². The van der Waals surface area contributed by atoms with E-state index in [0.29, 0.717) is 29.3 Å². The molecule has 1 aromatic heterocycles. The van der Waals surface area contributed by atoms with Gasteiger partial charge in [-0.05, 0) is 50.2 Å². The summed E-state index contributed by atoms with van der Waals surface area (Å²) in [5.74, 6) is 1.90. The number of aliphatic hydroxyl groups is 1. The van der Waals surface area contributed by atoms with Crippen molar-refractivity contribution in [3.05, 3.63) is 42.1 Å². The molecule has 2 N–H and O–H groups in total. The number of hydrogen-bond acceptors (Lipinski definition) is 7. The van der Waals surface area contributed by atoms with Crippen LogP contribution in [-0.4, -0.2) is 66.5 Å². The molecule has 0 bridgehead atoms. The van der Waals surface area contributed by atoms with E-state index in [0.717, 1.165) is 38.4 Å². The zero-order valence-electron chi connectivity index (χ0n) is 16.5. The van der Waals surface area contributed by atoms with Gasteiger partial charge in [0.1, 0.15) is 5.82 Å². The smallest absolute Gasteiger partial charge is 0.255 e. The molecule has 1 fully saturated rings. The number of β-amino-alcohol motifs (C(OH)–C–C–N with tert-alkyl or cyclic N) is 1. The highest BCUT2D eigenvalue weighted by Gasteiger charge is 2.18. The Kier molecular flexibility index (Phi) is 5.82. The largest absolute Gasteiger partial charge is 0.454 e. The number of aromatic nitrogens is 1. The molecule has 0 spiro atoms. The second-order valence-electron chi connectivity index (χ2n) is 7.42. The number of rotatable bonds is 5. The fourth-order valence-corrected chi connectivity index (χ4v) is 3.64. The van der Waals surface area contributed by atoms with Crippen LogP contribution in [0.25, 0.3) is 0 Å². The highest BCUT2D eigenvalue weighted by atomic mass is 16.7. The lowest BCUT2D eigenvalue weighted by Gasteiger charge is -2.23. The predicted molar refractivity (Wildman–Crippen MR) is 110 cm³/mol. The highest BCUT2D eigenvalue weighted by molar-refractivity contribution is 6.04. The van der Waals surface area contributed by atoms with E-state index < -0.39 is 0 Å². The Bertz CT molecular complexity index is 856. The molecule has 1 amide bonds. The molecule has 29 heavy (non-hydrogen) atoms. The summed E-state index contributed by atoms with van der Waals surface area (Å²) in [6, 6.07) is 8.92. The van der Waals surface area contributed by atoms with Crippen molar-refractivity contribution in [1.82, 2.24) is 9.88 Å². The van der Waals surface area contributed by atoms with Crippen molar-refractivity contribution in [2.24, 2.45) is 0 Å². The Morgan fingerprint density at radius 3 is 2.83 bits per heavy atom. The number of carbonyl (C=O) groups excluding carboxylic acids is 1. The van der Waals surface area contributed by atoms with Gasteiger partial charge in [-0.25, -0.2) is 4.98 Å². The van der Waals surface area contributed by atoms with Crippen molar-refractivity contribution >= 4 is 17.4 Å². The lowest BCUT2D eigenvalue weighted by Crippen LogP contribution is -2.35. The van der Waals surface area contributed by atoms with Crippen LogP contribution in [0.2, 0.25) is 0 Å². The third-order valence-electron chi connectivity index (χ3n) is 5.08. The number of aliphatic hydroxyl groups excluding tert-OH is 1. The summed E-state index contributed by atoms with van der Waals surface area (Å²) in [5, 5.41) is 12.5. The number of fused-ring (bicyclic) bond motifs is 1. The van der Waals surface area contributed by atoms with Gasteiger partial charge < -0.3 is 24.8 Å². The summed E-state index contributed by atoms with van der Waals surface area (Å²) >= 11 is 0. The summed E-state index contributed by atoms with van der Waals surface area (Å²) in [6.07, 6.45) is 2.39. The first kappa shape index (κ1) is 19.5. The monoisotopic (exact) mass is 398 g/mol. The number of carbonyl (C=O) groups is 1. The fourth-order valence-electron chi connectivity index (χ4n) is 3.64. The maximum absolute atomic E-state index is 12.5. The molecule has 154 valence electrons. The van der Waals surface area contributed by atoms with Crippen LogP contribution in [0, 0.1) is 0 Å². The topological polar surface area (TPSA) is 87.2 Å². The minimum Gasteiger partial charge on any atom is -0.454 e. The molecule has 1 aromatic carbocycles. The Labute approximate surface area is 170 Å². The summed E-state index contributed by atoms with van der Waals surface area (Å²) in [5.41, 5.74) is 1.14. The third-order valence-corrected chi connectivity index (χ3v) is 5.08. The molecule has 2 aromatic rings. The number of ether oxygens (including phenoxy) is 2. The summed E-state index contributed by atoms with van der Waals surface area (Å²) < 4.78 is 10.6. The van der Waals surface area contributed by atoms with Crippen LogP contribution in [0.5, 0.6) is 11.5 Å². The van der Waals surface area contributed by atoms with Gasteiger partial charge in [-0.1, -0.05) is 0 Å². The van der Waals surface area contributed by atoms with Gasteiger partial charge in [-0.15, -0.1) is 0 Å². The number of pyridine rings is 1. The van der Waals surface area contributed by atoms with E-state index in [1.54, 1.807) is 24.4 Å². The molecular weight excluding hydrogens is 372 g/mol. The van der Waals surface area contributed by atoms with E-state index in [1.807, 2.05) is 19.1 Å². The lowest BCUT2D eigenvalue weighted by molar-refractivity contribution is 0.102. The van der Waals surface area contributed by atoms with Crippen molar-refractivity contribution < 1.29 is 19.4 Å². The van der Waals surface area contributed by atoms with E-state index in [1.165, 1.54) is 0 Å². The van der Waals surface area contributed by atoms with Crippen LogP contribution in [0.15, 0.2) is 36.5 Å². The van der Waals surface area contributed by atoms with E-state index in [4.69, 9.17) is 9.47 Å². The van der Waals surface area contributed by atoms with Crippen molar-refractivity contribution in [1.29, 1.82) is 0 Å². The maximum atomic E-state index is 12.5. The number of amides is 1. The fraction of sp³-hybridized carbons (Fsp3) is 0.429. The number of nitrogens with one attached hydrogen (secondary N) is 1. The van der Waals surface area contributed by atoms with Gasteiger partial charge in [-0.2, -0.15) is 0 Å². The zero-order chi connectivity index (χ0) is 20.2. The molecular formula is C21H26N4O4. The number of benzene rings is 1. The van der Waals surface area contributed by atoms with Crippen molar-refractivity contribution in [3.8, 4) is 11.5 Å². The normalized spacial score (nSPS) is 17.7. The molecule has 1 saturated heterocycles. The molecule has 0 unspecified atom stereocenters. The Morgan fingerprint density at radius 1 is 1.17 bits per heavy atom. The van der Waals surface area contributed by atoms with Gasteiger partial charge in [0.25, 0.3) is 5.91 Å². The molecule has 2 aliphatic rings. The number of hydrogen-bond donors (Lipinski definition) is 2. The SMILES string of the molecule is C[C@H](O)CN1CCCN(c2ccc(NC(=O)c3ccc4c(c3)OCO4)cn2)CC1. The van der Waals surface area contributed by atoms with Crippen molar-refractivity contribution in [2.75, 3.05) is 49.7 Å². The van der Waals surface area contributed by atoms with Crippen molar-refractivity contribution in [2.45, 2.75) is 19.4 Å². The van der Waals surface area contributed by atoms with Crippen LogP contribution in [0.3, 0.4) is 0 Å². The Morgan fingerprint density at radius 2 is 2.03 bits per heavy atom. The van der Waals surface area contributed by atoms with Crippen LogP contribution in [0.1, 0.15) is 23.7 Å². The third kappa shape index (κ3) is 4.78. The van der Waals surface area contributed by atoms with Gasteiger partial charge in [0.15, 0.2) is 11.5 Å². The standard InChI is InChI=1S/C21H26N4O4/c1-15(26)13-24-7-2-8-25(10-9-24)20-6-4-17(12-22-20)23-21(27)16-3-5-18-19(11-16)29-14-28-18/h3-6,11-12,15,26H,2,7-10,13-14H2,1H3,(H,23,27)/t15-/m0/s1. The quantitative estimate of drug-likeness (QED) is 0.796. The minimum absolute atomic E-state index is 0.180. The molecule has 4 rings (SSSR count). The summed E-state index contributed by atoms with van der Waals surface area (Å²) in [4.78, 5) is 21.6. The highest BCUT2D eigenvalue weighted by Crippen LogP contribution is 2.32. The second kappa shape index (κ2) is 8.67. The molecule has 8 heteroatoms. The molecule has 1 atom stereocenters. The average molecular weight is 398 g/mol. The van der Waals surface area contributed by atoms with Crippen LogP contribution < -0.4 is 19.7 Å². The second-order valence-corrected chi connectivity index (χ2v) is 7.42. The van der Waals surface area contributed by atoms with Gasteiger partial charge in [-0.3, -0.25) is 9.69 Å². The van der Waals surface area contributed by atoms with Crippen molar-refractivity contribution in [3.63, 3.8) is 0 Å². The lowest BCUT2D eigenvalue weighted by atomic mass is 10.2. The van der Waals surface area contributed by atoms with E-state index in [9.17, 15) is 9.90 Å². The minimum atomic E-state index is -0.313. The first-order valence-electron chi connectivity index (χ1n) is 9.91. The van der Waals surface area contributed by atoms with Crippen LogP contribution in [0.4, 0.5) is 11.5 Å². The Balaban J connectivity index is 1.36. The zero-order valence-corrected chi connectivity index (χ0v) is 16.5. The van der Waals surface area contributed by atoms with Gasteiger partial charge in [0, 0.05) is 31.7 Å². The first-order valence-corrected chi connectivity index (χ1v) is 9.91. The van der Waals surface area contributed by atoms with Gasteiger partial charge in [0.05, 0.1) is 18.0 Å². The predicted octanol–water partition coefficient (Wildman–Crippen LogP) is 1.96. The van der Waals surface area contributed by atoms with E-state index in [-0.39, 0.29) is 18.8 Å². The average Bonchev–Trinajstić information content (AvgIpc) is 3.06. The summed E-state index contributed by atoms with van der Waals surface area (Å²) in [6.45, 7) is 6.36. The molecule has 0 radical (unpaired) electrons. The molecule has 2 aliphatic heterocycles. The summed E-state index contributed by atoms with van der Waals surface area (Å²) in [7, 11) is 0. The van der Waals surface area contributed by atoms with E-state index >= 15 is 0 Å². The number of nitrogens with zero attached hydrogens (tertiary/aromatic N) is 3. The van der Waals surface area contributed by atoms with Crippen LogP contribution >= 0.6 is 0 Å².